The normalized spacial score (nSPS) is 11.1. The van der Waals surface area contributed by atoms with E-state index in [0.717, 1.165) is 6.26 Å². The molecule has 0 aromatic carbocycles. The van der Waals surface area contributed by atoms with Crippen LogP contribution in [0.15, 0.2) is 11.8 Å². The Balaban J connectivity index is -0.0000000698. The van der Waals surface area contributed by atoms with Gasteiger partial charge >= 0.3 is 0 Å². The number of allylic oxidation sites excluding steroid dienone is 1. The van der Waals surface area contributed by atoms with Crippen LogP contribution in [0.1, 0.15) is 61.8 Å². The minimum absolute atomic E-state index is 0.395. The summed E-state index contributed by atoms with van der Waals surface area (Å²) in [6.45, 7) is 14.2. The molecule has 2 atom stereocenters. The van der Waals surface area contributed by atoms with Gasteiger partial charge in [0.15, 0.2) is 0 Å². The summed E-state index contributed by atoms with van der Waals surface area (Å²) in [6, 6.07) is 0. The van der Waals surface area contributed by atoms with Crippen LogP contribution in [0, 0.1) is 12.3 Å². The standard InChI is InChI=1S/C8H14F2O.C3H4.2C2H6.CH3F/c1-4-8(10)6(2)5-11-7(3)9;1-3-2;3*1-2/h5,7-8H,4H2,1-3H3;1H,2H3;2*1-2H3;1H3/b6-5+;;;;/t7?,8-;;;;/m0..../s1. The molecule has 0 spiro atoms. The van der Waals surface area contributed by atoms with Gasteiger partial charge in [-0.05, 0) is 25.8 Å². The molecular formula is C16H33F3O. The summed E-state index contributed by atoms with van der Waals surface area (Å²) in [5.74, 6) is 2.25. The number of rotatable bonds is 4. The van der Waals surface area contributed by atoms with Crippen molar-refractivity contribution in [3.8, 4) is 12.3 Å². The highest BCUT2D eigenvalue weighted by Gasteiger charge is 2.05. The first-order valence-corrected chi connectivity index (χ1v) is 6.84. The Bertz CT molecular complexity index is 196. The Kier molecular flexibility index (Phi) is 56.6. The first-order valence-electron chi connectivity index (χ1n) is 6.84. The van der Waals surface area contributed by atoms with Crippen LogP contribution in [0.5, 0.6) is 0 Å². The van der Waals surface area contributed by atoms with Crippen LogP contribution in [-0.2, 0) is 4.74 Å². The Morgan fingerprint density at radius 2 is 1.50 bits per heavy atom. The third-order valence-electron chi connectivity index (χ3n) is 1.29. The average molecular weight is 298 g/mol. The van der Waals surface area contributed by atoms with Gasteiger partial charge in [-0.15, -0.1) is 12.3 Å². The van der Waals surface area contributed by atoms with Crippen molar-refractivity contribution < 1.29 is 17.9 Å². The lowest BCUT2D eigenvalue weighted by Gasteiger charge is -2.06. The van der Waals surface area contributed by atoms with Gasteiger partial charge in [0.2, 0.25) is 6.36 Å². The molecule has 1 nitrogen and oxygen atoms in total. The van der Waals surface area contributed by atoms with Crippen molar-refractivity contribution in [1.29, 1.82) is 0 Å². The number of hydrogen-bond acceptors (Lipinski definition) is 1. The van der Waals surface area contributed by atoms with Crippen LogP contribution in [-0.4, -0.2) is 19.7 Å². The monoisotopic (exact) mass is 298 g/mol. The molecule has 0 amide bonds. The maximum absolute atomic E-state index is 12.7. The van der Waals surface area contributed by atoms with E-state index in [-0.39, 0.29) is 0 Å². The van der Waals surface area contributed by atoms with Crippen LogP contribution in [0.2, 0.25) is 0 Å². The molecule has 0 saturated heterocycles. The maximum Gasteiger partial charge on any atom is 0.234 e. The van der Waals surface area contributed by atoms with Crippen molar-refractivity contribution >= 4 is 0 Å². The summed E-state index contributed by atoms with van der Waals surface area (Å²) in [4.78, 5) is 0. The maximum atomic E-state index is 12.7. The number of terminal acetylenes is 1. The fourth-order valence-electron chi connectivity index (χ4n) is 0.597. The van der Waals surface area contributed by atoms with Crippen molar-refractivity contribution in [3.63, 3.8) is 0 Å². The Labute approximate surface area is 124 Å². The second-order valence-electron chi connectivity index (χ2n) is 2.71. The zero-order valence-corrected chi connectivity index (χ0v) is 14.6. The van der Waals surface area contributed by atoms with Gasteiger partial charge in [0.05, 0.1) is 13.4 Å². The summed E-state index contributed by atoms with van der Waals surface area (Å²) in [5, 5.41) is 0. The number of alkyl halides is 3. The molecule has 1 unspecified atom stereocenters. The Morgan fingerprint density at radius 3 is 1.70 bits per heavy atom. The SMILES string of the molecule is C#CC.CC.CC.CC[C@H](F)/C(C)=C/OC(C)F.CF. The Morgan fingerprint density at radius 1 is 1.20 bits per heavy atom. The predicted octanol–water partition coefficient (Wildman–Crippen LogP) is 6.25. The smallest absolute Gasteiger partial charge is 0.234 e. The van der Waals surface area contributed by atoms with Crippen LogP contribution in [0.4, 0.5) is 13.2 Å². The summed E-state index contributed by atoms with van der Waals surface area (Å²) >= 11 is 0. The molecule has 0 aromatic rings. The van der Waals surface area contributed by atoms with Gasteiger partial charge in [-0.3, -0.25) is 4.39 Å². The molecule has 0 radical (unpaired) electrons. The minimum atomic E-state index is -1.37. The van der Waals surface area contributed by atoms with E-state index in [2.05, 4.69) is 17.1 Å². The van der Waals surface area contributed by atoms with E-state index in [0.29, 0.717) is 19.2 Å². The molecule has 0 aliphatic carbocycles. The van der Waals surface area contributed by atoms with Crippen LogP contribution in [0.3, 0.4) is 0 Å². The summed E-state index contributed by atoms with van der Waals surface area (Å²) in [7, 11) is 0.500. The predicted molar refractivity (Wildman–Crippen MR) is 84.8 cm³/mol. The molecule has 0 bridgehead atoms. The fourth-order valence-corrected chi connectivity index (χ4v) is 0.597. The van der Waals surface area contributed by atoms with Crippen LogP contribution >= 0.6 is 0 Å². The highest BCUT2D eigenvalue weighted by atomic mass is 19.1. The quantitative estimate of drug-likeness (QED) is 0.440. The molecule has 0 fully saturated rings. The molecule has 0 aliphatic rings. The molecule has 0 N–H and O–H groups in total. The topological polar surface area (TPSA) is 9.23 Å². The molecule has 0 saturated carbocycles. The number of ether oxygens (including phenoxy) is 1. The van der Waals surface area contributed by atoms with Gasteiger partial charge < -0.3 is 4.74 Å². The van der Waals surface area contributed by atoms with E-state index in [1.165, 1.54) is 6.92 Å². The van der Waals surface area contributed by atoms with E-state index in [1.54, 1.807) is 20.8 Å². The first kappa shape index (κ1) is 31.3. The van der Waals surface area contributed by atoms with Gasteiger partial charge in [-0.1, -0.05) is 34.6 Å². The van der Waals surface area contributed by atoms with Gasteiger partial charge in [-0.25, -0.2) is 8.78 Å². The van der Waals surface area contributed by atoms with Gasteiger partial charge in [0.1, 0.15) is 6.17 Å². The number of hydrogen-bond donors (Lipinski definition) is 0. The van der Waals surface area contributed by atoms with E-state index in [9.17, 15) is 13.2 Å². The fraction of sp³-hybridized carbons (Fsp3) is 0.750. The second-order valence-corrected chi connectivity index (χ2v) is 2.71. The lowest BCUT2D eigenvalue weighted by Crippen LogP contribution is -2.02. The number of halogens is 3. The Hall–Kier alpha value is -1.11. The zero-order valence-electron chi connectivity index (χ0n) is 14.6. The average Bonchev–Trinajstić information content (AvgIpc) is 2.50. The first-order chi connectivity index (χ1) is 9.49. The molecule has 124 valence electrons. The summed E-state index contributed by atoms with van der Waals surface area (Å²) in [6.07, 6.45) is 3.74. The molecule has 0 heterocycles. The zero-order chi connectivity index (χ0) is 17.6. The van der Waals surface area contributed by atoms with Crippen LogP contribution in [0.25, 0.3) is 0 Å². The van der Waals surface area contributed by atoms with Crippen molar-refractivity contribution in [2.45, 2.75) is 74.3 Å². The molecular weight excluding hydrogens is 265 g/mol. The van der Waals surface area contributed by atoms with E-state index in [1.807, 2.05) is 27.7 Å². The van der Waals surface area contributed by atoms with E-state index >= 15 is 0 Å². The second kappa shape index (κ2) is 36.1. The highest BCUT2D eigenvalue weighted by molar-refractivity contribution is 5.00. The van der Waals surface area contributed by atoms with E-state index < -0.39 is 12.5 Å². The largest absolute Gasteiger partial charge is 0.468 e. The van der Waals surface area contributed by atoms with Gasteiger partial charge in [-0.2, -0.15) is 0 Å². The third-order valence-corrected chi connectivity index (χ3v) is 1.29. The lowest BCUT2D eigenvalue weighted by molar-refractivity contribution is 0.0394. The summed E-state index contributed by atoms with van der Waals surface area (Å²) in [5.41, 5.74) is 0.428. The van der Waals surface area contributed by atoms with E-state index in [4.69, 9.17) is 0 Å². The van der Waals surface area contributed by atoms with Crippen molar-refractivity contribution in [2.24, 2.45) is 0 Å². The molecule has 20 heavy (non-hydrogen) atoms. The van der Waals surface area contributed by atoms with Gasteiger partial charge in [0.25, 0.3) is 0 Å². The van der Waals surface area contributed by atoms with Crippen molar-refractivity contribution in [3.05, 3.63) is 11.8 Å². The minimum Gasteiger partial charge on any atom is -0.468 e. The molecule has 0 aromatic heterocycles. The van der Waals surface area contributed by atoms with Crippen molar-refractivity contribution in [1.82, 2.24) is 0 Å². The molecule has 0 rings (SSSR count). The highest BCUT2D eigenvalue weighted by Crippen LogP contribution is 2.10. The lowest BCUT2D eigenvalue weighted by atomic mass is 10.2. The third kappa shape index (κ3) is 43.6. The summed E-state index contributed by atoms with van der Waals surface area (Å²) < 4.78 is 38.7. The van der Waals surface area contributed by atoms with Crippen LogP contribution < -0.4 is 0 Å². The van der Waals surface area contributed by atoms with Crippen molar-refractivity contribution in [2.75, 3.05) is 7.18 Å². The van der Waals surface area contributed by atoms with Gasteiger partial charge in [0, 0.05) is 6.92 Å². The molecule has 0 aliphatic heterocycles. The molecule has 4 heteroatoms.